The van der Waals surface area contributed by atoms with Crippen LogP contribution in [0.4, 0.5) is 0 Å². The molecule has 1 N–H and O–H groups in total. The predicted octanol–water partition coefficient (Wildman–Crippen LogP) is 1.45. The van der Waals surface area contributed by atoms with Crippen LogP contribution in [-0.4, -0.2) is 11.1 Å². The zero-order valence-corrected chi connectivity index (χ0v) is 6.43. The number of rotatable bonds is 4. The Hall–Kier alpha value is -1.35. The zero-order chi connectivity index (χ0) is 8.81. The van der Waals surface area contributed by atoms with Crippen LogP contribution in [0.25, 0.3) is 0 Å². The maximum atomic E-state index is 10.0. The lowest BCUT2D eigenvalue weighted by Gasteiger charge is -1.99. The summed E-state index contributed by atoms with van der Waals surface area (Å²) in [5.74, 6) is -1.06. The van der Waals surface area contributed by atoms with Gasteiger partial charge in [0.2, 0.25) is 0 Å². The molecule has 1 radical (unpaired) electrons. The summed E-state index contributed by atoms with van der Waals surface area (Å²) in [6.45, 7) is 1.08. The lowest BCUT2D eigenvalue weighted by molar-refractivity contribution is -0.137. The molecule has 0 unspecified atom stereocenters. The van der Waals surface area contributed by atoms with Crippen molar-refractivity contribution in [2.75, 3.05) is 0 Å². The Bertz CT molecular complexity index is 243. The topological polar surface area (TPSA) is 46.5 Å². The van der Waals surface area contributed by atoms with E-state index >= 15 is 0 Å². The van der Waals surface area contributed by atoms with Crippen LogP contribution in [-0.2, 0) is 16.1 Å². The lowest BCUT2D eigenvalue weighted by Crippen LogP contribution is -1.99. The Morgan fingerprint density at radius 3 is 2.67 bits per heavy atom. The quantitative estimate of drug-likeness (QED) is 0.734. The number of carbonyl (C=O) groups is 1. The molecule has 3 heteroatoms. The molecular weight excluding hydrogens is 156 g/mol. The monoisotopic (exact) mass is 165 g/mol. The predicted molar refractivity (Wildman–Crippen MR) is 43.2 cm³/mol. The van der Waals surface area contributed by atoms with Crippen LogP contribution < -0.4 is 0 Å². The normalized spacial score (nSPS) is 9.67. The highest BCUT2D eigenvalue weighted by Gasteiger charge is 1.97. The van der Waals surface area contributed by atoms with Crippen molar-refractivity contribution in [1.82, 2.24) is 0 Å². The van der Waals surface area contributed by atoms with Crippen molar-refractivity contribution in [3.63, 3.8) is 0 Å². The van der Waals surface area contributed by atoms with E-state index in [1.165, 1.54) is 0 Å². The second-order valence-corrected chi connectivity index (χ2v) is 2.25. The van der Waals surface area contributed by atoms with Crippen LogP contribution in [0.2, 0.25) is 0 Å². The molecule has 0 saturated heterocycles. The summed E-state index contributed by atoms with van der Waals surface area (Å²) in [7, 11) is 0. The third kappa shape index (κ3) is 3.16. The molecule has 63 valence electrons. The second-order valence-electron chi connectivity index (χ2n) is 2.25. The van der Waals surface area contributed by atoms with Gasteiger partial charge >= 0.3 is 5.97 Å². The Kier molecular flexibility index (Phi) is 3.29. The molecule has 0 aliphatic carbocycles. The molecule has 0 spiro atoms. The van der Waals surface area contributed by atoms with E-state index in [0.29, 0.717) is 6.61 Å². The van der Waals surface area contributed by atoms with Gasteiger partial charge in [-0.05, 0) is 5.56 Å². The second kappa shape index (κ2) is 4.51. The highest BCUT2D eigenvalue weighted by Crippen LogP contribution is 2.00. The van der Waals surface area contributed by atoms with E-state index in [4.69, 9.17) is 9.84 Å². The molecule has 0 amide bonds. The molecular formula is C9H9O3. The summed E-state index contributed by atoms with van der Waals surface area (Å²) < 4.78 is 4.76. The van der Waals surface area contributed by atoms with Crippen molar-refractivity contribution >= 4 is 5.97 Å². The molecule has 0 atom stereocenters. The third-order valence-electron chi connectivity index (χ3n) is 1.28. The minimum atomic E-state index is -1.06. The molecule has 1 rings (SSSR count). The first-order chi connectivity index (χ1) is 5.79. The summed E-state index contributed by atoms with van der Waals surface area (Å²) >= 11 is 0. The highest BCUT2D eigenvalue weighted by atomic mass is 16.5. The number of carboxylic acid groups (broad SMARTS) is 1. The van der Waals surface area contributed by atoms with Crippen LogP contribution in [0.1, 0.15) is 5.56 Å². The molecule has 0 bridgehead atoms. The summed E-state index contributed by atoms with van der Waals surface area (Å²) in [5.41, 5.74) is 0.954. The van der Waals surface area contributed by atoms with E-state index in [-0.39, 0.29) is 0 Å². The number of hydrogen-bond donors (Lipinski definition) is 1. The van der Waals surface area contributed by atoms with Crippen molar-refractivity contribution < 1.29 is 14.6 Å². The van der Waals surface area contributed by atoms with Crippen LogP contribution in [0.5, 0.6) is 0 Å². The Morgan fingerprint density at radius 1 is 1.42 bits per heavy atom. The third-order valence-corrected chi connectivity index (χ3v) is 1.28. The maximum Gasteiger partial charge on any atom is 0.336 e. The molecule has 12 heavy (non-hydrogen) atoms. The van der Waals surface area contributed by atoms with E-state index in [0.717, 1.165) is 12.2 Å². The summed E-state index contributed by atoms with van der Waals surface area (Å²) in [5, 5.41) is 8.21. The van der Waals surface area contributed by atoms with Gasteiger partial charge in [0, 0.05) is 0 Å². The lowest BCUT2D eigenvalue weighted by atomic mass is 10.2. The first kappa shape index (κ1) is 8.74. The Balaban J connectivity index is 2.29. The average molecular weight is 165 g/mol. The summed E-state index contributed by atoms with van der Waals surface area (Å²) in [4.78, 5) is 10.0. The molecule has 0 saturated carbocycles. The maximum absolute atomic E-state index is 10.0. The fraction of sp³-hybridized carbons (Fsp3) is 0.111. The van der Waals surface area contributed by atoms with E-state index in [2.05, 4.69) is 0 Å². The molecule has 0 aliphatic heterocycles. The molecule has 1 aromatic rings. The number of ether oxygens (including phenoxy) is 1. The van der Waals surface area contributed by atoms with Crippen LogP contribution in [0, 0.1) is 6.61 Å². The largest absolute Gasteiger partial charge is 0.479 e. The van der Waals surface area contributed by atoms with Crippen molar-refractivity contribution in [2.24, 2.45) is 0 Å². The van der Waals surface area contributed by atoms with E-state index < -0.39 is 5.97 Å². The van der Waals surface area contributed by atoms with Crippen molar-refractivity contribution in [2.45, 2.75) is 6.61 Å². The van der Waals surface area contributed by atoms with Gasteiger partial charge in [0.1, 0.15) is 0 Å². The number of benzene rings is 1. The van der Waals surface area contributed by atoms with Gasteiger partial charge in [-0.15, -0.1) is 0 Å². The molecule has 3 nitrogen and oxygen atoms in total. The molecule has 0 aliphatic rings. The SMILES string of the molecule is O=C(O)[CH]OCc1ccccc1. The fourth-order valence-corrected chi connectivity index (χ4v) is 0.783. The summed E-state index contributed by atoms with van der Waals surface area (Å²) in [6, 6.07) is 9.38. The van der Waals surface area contributed by atoms with Crippen LogP contribution in [0.15, 0.2) is 30.3 Å². The number of hydrogen-bond acceptors (Lipinski definition) is 2. The highest BCUT2D eigenvalue weighted by molar-refractivity contribution is 5.74. The van der Waals surface area contributed by atoms with Gasteiger partial charge in [0.15, 0.2) is 6.61 Å². The minimum Gasteiger partial charge on any atom is -0.479 e. The minimum absolute atomic E-state index is 0.299. The van der Waals surface area contributed by atoms with Gasteiger partial charge in [-0.25, -0.2) is 4.79 Å². The average Bonchev–Trinajstić information content (AvgIpc) is 2.05. The molecule has 0 fully saturated rings. The van der Waals surface area contributed by atoms with Crippen LogP contribution >= 0.6 is 0 Å². The zero-order valence-electron chi connectivity index (χ0n) is 6.43. The molecule has 0 aromatic heterocycles. The van der Waals surface area contributed by atoms with Gasteiger partial charge in [-0.2, -0.15) is 0 Å². The van der Waals surface area contributed by atoms with Crippen LogP contribution in [0.3, 0.4) is 0 Å². The van der Waals surface area contributed by atoms with Gasteiger partial charge in [0.05, 0.1) is 6.61 Å². The smallest absolute Gasteiger partial charge is 0.336 e. The van der Waals surface area contributed by atoms with E-state index in [9.17, 15) is 4.79 Å². The van der Waals surface area contributed by atoms with Crippen molar-refractivity contribution in [1.29, 1.82) is 0 Å². The standard InChI is InChI=1S/C9H9O3/c10-9(11)7-12-6-8-4-2-1-3-5-8/h1-5,7H,6H2,(H,10,11). The molecule has 1 aromatic carbocycles. The molecule has 0 heterocycles. The fourth-order valence-electron chi connectivity index (χ4n) is 0.783. The number of aliphatic carboxylic acids is 1. The van der Waals surface area contributed by atoms with Crippen molar-refractivity contribution in [3.8, 4) is 0 Å². The van der Waals surface area contributed by atoms with Gasteiger partial charge in [0.25, 0.3) is 0 Å². The Labute approximate surface area is 70.6 Å². The summed E-state index contributed by atoms with van der Waals surface area (Å²) in [6.07, 6.45) is 0. The van der Waals surface area contributed by atoms with E-state index in [1.807, 2.05) is 30.3 Å². The van der Waals surface area contributed by atoms with Gasteiger partial charge in [-0.3, -0.25) is 0 Å². The van der Waals surface area contributed by atoms with Gasteiger partial charge in [-0.1, -0.05) is 30.3 Å². The first-order valence-corrected chi connectivity index (χ1v) is 3.51. The first-order valence-electron chi connectivity index (χ1n) is 3.51. The number of carboxylic acids is 1. The Morgan fingerprint density at radius 2 is 2.08 bits per heavy atom. The van der Waals surface area contributed by atoms with E-state index in [1.54, 1.807) is 0 Å². The van der Waals surface area contributed by atoms with Gasteiger partial charge < -0.3 is 9.84 Å². The van der Waals surface area contributed by atoms with Crippen molar-refractivity contribution in [3.05, 3.63) is 42.5 Å².